The van der Waals surface area contributed by atoms with Gasteiger partial charge in [-0.1, -0.05) is 54.1 Å². The normalized spacial score (nSPS) is 21.3. The maximum Gasteiger partial charge on any atom is 0.244 e. The second-order valence-electron chi connectivity index (χ2n) is 6.83. The van der Waals surface area contributed by atoms with Crippen molar-refractivity contribution in [2.24, 2.45) is 0 Å². The van der Waals surface area contributed by atoms with Crippen LogP contribution >= 0.6 is 0 Å². The van der Waals surface area contributed by atoms with Crippen molar-refractivity contribution < 1.29 is 13.2 Å². The monoisotopic (exact) mass is 384 g/mol. The molecule has 0 aromatic heterocycles. The molecule has 1 fully saturated rings. The number of aryl methyl sites for hydroxylation is 1. The van der Waals surface area contributed by atoms with Crippen LogP contribution in [0.1, 0.15) is 18.1 Å². The third-order valence-electron chi connectivity index (χ3n) is 4.87. The lowest BCUT2D eigenvalue weighted by molar-refractivity contribution is -0.140. The van der Waals surface area contributed by atoms with Gasteiger partial charge in [-0.25, -0.2) is 8.42 Å². The molecule has 2 aromatic carbocycles. The van der Waals surface area contributed by atoms with Gasteiger partial charge in [0, 0.05) is 13.1 Å². The van der Waals surface area contributed by atoms with E-state index in [1.807, 2.05) is 37.3 Å². The molecule has 1 aliphatic heterocycles. The van der Waals surface area contributed by atoms with Crippen LogP contribution < -0.4 is 0 Å². The zero-order valence-electron chi connectivity index (χ0n) is 15.6. The maximum absolute atomic E-state index is 13.2. The Labute approximate surface area is 161 Å². The number of amides is 1. The van der Waals surface area contributed by atoms with Crippen LogP contribution in [-0.2, 0) is 21.4 Å². The van der Waals surface area contributed by atoms with Crippen molar-refractivity contribution in [2.75, 3.05) is 6.54 Å². The molecule has 0 radical (unpaired) electrons. The van der Waals surface area contributed by atoms with Gasteiger partial charge >= 0.3 is 0 Å². The van der Waals surface area contributed by atoms with Gasteiger partial charge in [0.05, 0.1) is 10.9 Å². The minimum atomic E-state index is -3.80. The first-order valence-electron chi connectivity index (χ1n) is 8.90. The quantitative estimate of drug-likeness (QED) is 0.745. The molecule has 1 heterocycles. The highest BCUT2D eigenvalue weighted by atomic mass is 32.2. The summed E-state index contributed by atoms with van der Waals surface area (Å²) in [5, 5.41) is 0. The molecule has 1 saturated heterocycles. The van der Waals surface area contributed by atoms with E-state index in [-0.39, 0.29) is 17.3 Å². The number of rotatable bonds is 5. The van der Waals surface area contributed by atoms with E-state index in [1.165, 1.54) is 4.31 Å². The lowest BCUT2D eigenvalue weighted by Crippen LogP contribution is -2.61. The van der Waals surface area contributed by atoms with Gasteiger partial charge in [0.25, 0.3) is 0 Å². The summed E-state index contributed by atoms with van der Waals surface area (Å²) in [6.07, 6.45) is 1.60. The molecular weight excluding hydrogens is 360 g/mol. The third-order valence-corrected chi connectivity index (χ3v) is 6.88. The number of carbonyl (C=O) groups excluding carboxylic acids is 1. The number of hydrogen-bond donors (Lipinski definition) is 0. The molecule has 0 aliphatic carbocycles. The topological polar surface area (TPSA) is 57.7 Å². The van der Waals surface area contributed by atoms with Crippen LogP contribution in [0.5, 0.6) is 0 Å². The second-order valence-corrected chi connectivity index (χ2v) is 8.67. The summed E-state index contributed by atoms with van der Waals surface area (Å²) < 4.78 is 27.7. The number of nitrogens with zero attached hydrogens (tertiary/aromatic N) is 2. The molecule has 2 aromatic rings. The van der Waals surface area contributed by atoms with E-state index in [0.717, 1.165) is 11.1 Å². The fraction of sp³-hybridized carbons (Fsp3) is 0.286. The molecular formula is C21H24N2O3S. The number of benzene rings is 2. The molecule has 3 rings (SSSR count). The predicted molar refractivity (Wildman–Crippen MR) is 106 cm³/mol. The van der Waals surface area contributed by atoms with Crippen molar-refractivity contribution in [3.05, 3.63) is 78.4 Å². The third kappa shape index (κ3) is 3.82. The Morgan fingerprint density at radius 3 is 2.33 bits per heavy atom. The summed E-state index contributed by atoms with van der Waals surface area (Å²) in [5.41, 5.74) is 1.99. The number of hydrogen-bond acceptors (Lipinski definition) is 3. The average Bonchev–Trinajstić information content (AvgIpc) is 2.66. The predicted octanol–water partition coefficient (Wildman–Crippen LogP) is 2.97. The molecule has 142 valence electrons. The Balaban J connectivity index is 1.90. The Morgan fingerprint density at radius 2 is 1.74 bits per heavy atom. The largest absolute Gasteiger partial charge is 0.335 e. The number of carbonyl (C=O) groups is 1. The summed E-state index contributed by atoms with van der Waals surface area (Å²) in [5.74, 6) is -0.201. The highest BCUT2D eigenvalue weighted by molar-refractivity contribution is 7.89. The van der Waals surface area contributed by atoms with Crippen molar-refractivity contribution in [3.63, 3.8) is 0 Å². The Hall–Kier alpha value is -2.44. The molecule has 1 unspecified atom stereocenters. The molecule has 0 N–H and O–H groups in total. The van der Waals surface area contributed by atoms with E-state index in [9.17, 15) is 13.2 Å². The fourth-order valence-corrected chi connectivity index (χ4v) is 5.14. The van der Waals surface area contributed by atoms with Crippen molar-refractivity contribution in [2.45, 2.75) is 37.4 Å². The Bertz CT molecular complexity index is 922. The Morgan fingerprint density at radius 1 is 1.11 bits per heavy atom. The van der Waals surface area contributed by atoms with Crippen molar-refractivity contribution in [1.29, 1.82) is 0 Å². The Kier molecular flexibility index (Phi) is 5.48. The highest BCUT2D eigenvalue weighted by Gasteiger charge is 2.43. The van der Waals surface area contributed by atoms with Crippen LogP contribution in [0, 0.1) is 6.92 Å². The molecule has 0 bridgehead atoms. The minimum Gasteiger partial charge on any atom is -0.335 e. The van der Waals surface area contributed by atoms with Crippen molar-refractivity contribution in [3.8, 4) is 0 Å². The standard InChI is InChI=1S/C21H24N2O3S/c1-4-19-15-22(14-18-8-6-5-7-9-18)21(24)17(3)23(19)27(25,26)20-12-10-16(2)11-13-20/h4-13,17,19H,1,14-15H2,2-3H3/t17-,19?/m0/s1. The van der Waals surface area contributed by atoms with Gasteiger partial charge in [0.1, 0.15) is 6.04 Å². The molecule has 1 amide bonds. The second kappa shape index (κ2) is 7.66. The summed E-state index contributed by atoms with van der Waals surface area (Å²) in [4.78, 5) is 14.8. The first-order chi connectivity index (χ1) is 12.8. The smallest absolute Gasteiger partial charge is 0.244 e. The van der Waals surface area contributed by atoms with Gasteiger partial charge in [-0.15, -0.1) is 6.58 Å². The van der Waals surface area contributed by atoms with Crippen LogP contribution in [0.15, 0.2) is 72.1 Å². The van der Waals surface area contributed by atoms with Gasteiger partial charge < -0.3 is 4.90 Å². The molecule has 6 heteroatoms. The van der Waals surface area contributed by atoms with E-state index in [1.54, 1.807) is 42.2 Å². The van der Waals surface area contributed by atoms with Crippen LogP contribution in [0.3, 0.4) is 0 Å². The van der Waals surface area contributed by atoms with Gasteiger partial charge in [-0.05, 0) is 31.5 Å². The van der Waals surface area contributed by atoms with Crippen LogP contribution in [0.4, 0.5) is 0 Å². The van der Waals surface area contributed by atoms with E-state index in [4.69, 9.17) is 0 Å². The van der Waals surface area contributed by atoms with Gasteiger partial charge in [-0.3, -0.25) is 4.79 Å². The number of sulfonamides is 1. The highest BCUT2D eigenvalue weighted by Crippen LogP contribution is 2.27. The molecule has 0 saturated carbocycles. The molecule has 5 nitrogen and oxygen atoms in total. The van der Waals surface area contributed by atoms with E-state index in [2.05, 4.69) is 6.58 Å². The molecule has 27 heavy (non-hydrogen) atoms. The molecule has 0 spiro atoms. The van der Waals surface area contributed by atoms with E-state index < -0.39 is 22.1 Å². The van der Waals surface area contributed by atoms with Crippen LogP contribution in [0.2, 0.25) is 0 Å². The summed E-state index contributed by atoms with van der Waals surface area (Å²) in [6.45, 7) is 8.09. The molecule has 2 atom stereocenters. The van der Waals surface area contributed by atoms with Gasteiger partial charge in [0.2, 0.25) is 15.9 Å². The summed E-state index contributed by atoms with van der Waals surface area (Å²) >= 11 is 0. The average molecular weight is 385 g/mol. The lowest BCUT2D eigenvalue weighted by atomic mass is 10.1. The fourth-order valence-electron chi connectivity index (χ4n) is 3.40. The van der Waals surface area contributed by atoms with Gasteiger partial charge in [0.15, 0.2) is 0 Å². The lowest BCUT2D eigenvalue weighted by Gasteiger charge is -2.42. The molecule has 1 aliphatic rings. The summed E-state index contributed by atoms with van der Waals surface area (Å²) in [6, 6.07) is 15.1. The number of piperazine rings is 1. The zero-order chi connectivity index (χ0) is 19.6. The van der Waals surface area contributed by atoms with Crippen LogP contribution in [0.25, 0.3) is 0 Å². The maximum atomic E-state index is 13.2. The summed E-state index contributed by atoms with van der Waals surface area (Å²) in [7, 11) is -3.80. The SMILES string of the molecule is C=CC1CN(Cc2ccccc2)C(=O)[C@H](C)N1S(=O)(=O)c1ccc(C)cc1. The van der Waals surface area contributed by atoms with Crippen molar-refractivity contribution >= 4 is 15.9 Å². The minimum absolute atomic E-state index is 0.191. The first-order valence-corrected chi connectivity index (χ1v) is 10.3. The van der Waals surface area contributed by atoms with E-state index in [0.29, 0.717) is 6.54 Å². The van der Waals surface area contributed by atoms with Gasteiger partial charge in [-0.2, -0.15) is 4.31 Å². The van der Waals surface area contributed by atoms with Crippen LogP contribution in [-0.4, -0.2) is 42.2 Å². The first kappa shape index (κ1) is 19.3. The zero-order valence-corrected chi connectivity index (χ0v) is 16.4. The van der Waals surface area contributed by atoms with E-state index >= 15 is 0 Å². The van der Waals surface area contributed by atoms with Crippen molar-refractivity contribution in [1.82, 2.24) is 9.21 Å².